The van der Waals surface area contributed by atoms with Gasteiger partial charge in [0.05, 0.1) is 36.2 Å². The summed E-state index contributed by atoms with van der Waals surface area (Å²) < 4.78 is 5.24. The van der Waals surface area contributed by atoms with Crippen molar-refractivity contribution in [1.82, 2.24) is 0 Å². The predicted octanol–water partition coefficient (Wildman–Crippen LogP) is 1.62. The van der Waals surface area contributed by atoms with Crippen LogP contribution in [0.3, 0.4) is 0 Å². The average molecular weight is 474 g/mol. The highest BCUT2D eigenvalue weighted by Gasteiger charge is 2.43. The highest BCUT2D eigenvalue weighted by Crippen LogP contribution is 2.36. The van der Waals surface area contributed by atoms with Crippen LogP contribution in [0.5, 0.6) is 0 Å². The summed E-state index contributed by atoms with van der Waals surface area (Å²) in [5, 5.41) is 37.1. The van der Waals surface area contributed by atoms with E-state index in [-0.39, 0.29) is 38.7 Å². The third-order valence-corrected chi connectivity index (χ3v) is 6.52. The highest BCUT2D eigenvalue weighted by atomic mass is 17.2. The molecule has 186 valence electrons. The molecule has 33 heavy (non-hydrogen) atoms. The number of esters is 1. The Labute approximate surface area is 189 Å². The van der Waals surface area contributed by atoms with Gasteiger partial charge in [0.2, 0.25) is 6.29 Å². The lowest BCUT2D eigenvalue weighted by atomic mass is 9.74. The third kappa shape index (κ3) is 7.13. The number of carboxylic acids is 4. The molecule has 2 aliphatic carbocycles. The standard InChI is InChI=1S/C21H30O12/c1-2-16(32-21(30)13-6-5-11(18(24)25)8-15(13)20(28)29)33-31-9-12-4-3-10(17(22)23)7-14(12)19(26)27/h10-16H,2-9H2,1H3,(H,22,23)(H,24,25)(H,26,27)(H,28,29). The summed E-state index contributed by atoms with van der Waals surface area (Å²) >= 11 is 0. The Bertz CT molecular complexity index is 750. The van der Waals surface area contributed by atoms with Crippen molar-refractivity contribution in [1.29, 1.82) is 0 Å². The number of rotatable bonds is 11. The van der Waals surface area contributed by atoms with Gasteiger partial charge >= 0.3 is 29.8 Å². The van der Waals surface area contributed by atoms with E-state index in [1.165, 1.54) is 0 Å². The van der Waals surface area contributed by atoms with Gasteiger partial charge in [-0.2, -0.15) is 4.89 Å². The van der Waals surface area contributed by atoms with E-state index in [0.717, 1.165) is 0 Å². The zero-order valence-corrected chi connectivity index (χ0v) is 18.3. The van der Waals surface area contributed by atoms with E-state index in [1.54, 1.807) is 6.92 Å². The van der Waals surface area contributed by atoms with Crippen molar-refractivity contribution in [3.05, 3.63) is 0 Å². The Kier molecular flexibility index (Phi) is 9.59. The molecule has 0 aromatic heterocycles. The summed E-state index contributed by atoms with van der Waals surface area (Å²) in [6.07, 6.45) is -0.338. The number of hydrogen-bond acceptors (Lipinski definition) is 8. The van der Waals surface area contributed by atoms with Gasteiger partial charge in [-0.15, -0.1) is 0 Å². The zero-order valence-electron chi connectivity index (χ0n) is 18.3. The van der Waals surface area contributed by atoms with Gasteiger partial charge in [-0.1, -0.05) is 6.92 Å². The molecule has 2 saturated carbocycles. The summed E-state index contributed by atoms with van der Waals surface area (Å²) in [6.45, 7) is 1.49. The number of carbonyl (C=O) groups excluding carboxylic acids is 1. The van der Waals surface area contributed by atoms with Gasteiger partial charge in [0.1, 0.15) is 0 Å². The van der Waals surface area contributed by atoms with Crippen LogP contribution in [0.25, 0.3) is 0 Å². The molecule has 2 fully saturated rings. The molecular weight excluding hydrogens is 444 g/mol. The molecule has 0 radical (unpaired) electrons. The monoisotopic (exact) mass is 474 g/mol. The highest BCUT2D eigenvalue weighted by molar-refractivity contribution is 5.82. The van der Waals surface area contributed by atoms with Crippen molar-refractivity contribution in [2.75, 3.05) is 6.61 Å². The molecule has 7 unspecified atom stereocenters. The number of aliphatic carboxylic acids is 4. The average Bonchev–Trinajstić information content (AvgIpc) is 2.77. The number of carboxylic acid groups (broad SMARTS) is 4. The molecule has 7 atom stereocenters. The smallest absolute Gasteiger partial charge is 0.312 e. The van der Waals surface area contributed by atoms with E-state index in [0.29, 0.717) is 12.8 Å². The maximum Gasteiger partial charge on any atom is 0.312 e. The number of ether oxygens (including phenoxy) is 1. The van der Waals surface area contributed by atoms with Crippen molar-refractivity contribution in [2.24, 2.45) is 35.5 Å². The minimum absolute atomic E-state index is 0.0134. The van der Waals surface area contributed by atoms with Crippen LogP contribution in [0.1, 0.15) is 51.9 Å². The molecule has 0 aromatic carbocycles. The molecule has 12 nitrogen and oxygen atoms in total. The van der Waals surface area contributed by atoms with Crippen molar-refractivity contribution in [2.45, 2.75) is 58.2 Å². The molecule has 12 heteroatoms. The molecule has 0 aliphatic heterocycles. The van der Waals surface area contributed by atoms with Crippen molar-refractivity contribution < 1.29 is 58.9 Å². The van der Waals surface area contributed by atoms with Gasteiger partial charge in [0, 0.05) is 6.42 Å². The first-order valence-electron chi connectivity index (χ1n) is 10.9. The molecule has 0 bridgehead atoms. The largest absolute Gasteiger partial charge is 0.481 e. The lowest BCUT2D eigenvalue weighted by Crippen LogP contribution is -2.40. The van der Waals surface area contributed by atoms with Gasteiger partial charge in [0.15, 0.2) is 0 Å². The van der Waals surface area contributed by atoms with Gasteiger partial charge in [-0.05, 0) is 44.4 Å². The second kappa shape index (κ2) is 11.9. The van der Waals surface area contributed by atoms with Gasteiger partial charge in [-0.25, -0.2) is 4.89 Å². The Balaban J connectivity index is 1.88. The van der Waals surface area contributed by atoms with Crippen molar-refractivity contribution in [3.8, 4) is 0 Å². The molecule has 2 rings (SSSR count). The van der Waals surface area contributed by atoms with E-state index in [9.17, 15) is 34.2 Å². The molecule has 0 amide bonds. The maximum absolute atomic E-state index is 12.6. The molecule has 0 spiro atoms. The number of carbonyl (C=O) groups is 5. The van der Waals surface area contributed by atoms with Crippen LogP contribution in [-0.4, -0.2) is 63.2 Å². The number of hydrogen-bond donors (Lipinski definition) is 4. The summed E-state index contributed by atoms with van der Waals surface area (Å²) in [5.74, 6) is -10.5. The quantitative estimate of drug-likeness (QED) is 0.146. The summed E-state index contributed by atoms with van der Waals surface area (Å²) in [4.78, 5) is 68.2. The summed E-state index contributed by atoms with van der Waals surface area (Å²) in [6, 6.07) is 0. The van der Waals surface area contributed by atoms with Gasteiger partial charge < -0.3 is 25.2 Å². The van der Waals surface area contributed by atoms with Crippen LogP contribution < -0.4 is 0 Å². The minimum Gasteiger partial charge on any atom is -0.481 e. The van der Waals surface area contributed by atoms with Crippen LogP contribution in [0.2, 0.25) is 0 Å². The van der Waals surface area contributed by atoms with E-state index in [2.05, 4.69) is 0 Å². The molecular formula is C21H30O12. The summed E-state index contributed by atoms with van der Waals surface area (Å²) in [7, 11) is 0. The lowest BCUT2D eigenvalue weighted by Gasteiger charge is -2.32. The van der Waals surface area contributed by atoms with Crippen molar-refractivity contribution >= 4 is 29.8 Å². The van der Waals surface area contributed by atoms with Gasteiger partial charge in [0.25, 0.3) is 0 Å². The molecule has 4 N–H and O–H groups in total. The Morgan fingerprint density at radius 3 is 1.82 bits per heavy atom. The fourth-order valence-corrected chi connectivity index (χ4v) is 4.50. The summed E-state index contributed by atoms with van der Waals surface area (Å²) in [5.41, 5.74) is 0. The Hall–Kier alpha value is -2.73. The molecule has 2 aliphatic rings. The predicted molar refractivity (Wildman–Crippen MR) is 106 cm³/mol. The normalized spacial score (nSPS) is 30.7. The second-order valence-electron chi connectivity index (χ2n) is 8.61. The minimum atomic E-state index is -1.27. The Morgan fingerprint density at radius 1 is 0.758 bits per heavy atom. The van der Waals surface area contributed by atoms with Crippen LogP contribution >= 0.6 is 0 Å². The van der Waals surface area contributed by atoms with Gasteiger partial charge in [-0.3, -0.25) is 24.0 Å². The molecule has 0 aromatic rings. The van der Waals surface area contributed by atoms with E-state index < -0.39 is 71.6 Å². The zero-order chi connectivity index (χ0) is 24.7. The van der Waals surface area contributed by atoms with E-state index >= 15 is 0 Å². The first-order chi connectivity index (χ1) is 15.5. The third-order valence-electron chi connectivity index (χ3n) is 6.52. The van der Waals surface area contributed by atoms with Crippen LogP contribution in [-0.2, 0) is 38.5 Å². The first-order valence-corrected chi connectivity index (χ1v) is 10.9. The van der Waals surface area contributed by atoms with E-state index in [4.69, 9.17) is 24.7 Å². The maximum atomic E-state index is 12.6. The lowest BCUT2D eigenvalue weighted by molar-refractivity contribution is -0.377. The molecule has 0 heterocycles. The second-order valence-corrected chi connectivity index (χ2v) is 8.61. The first kappa shape index (κ1) is 26.5. The van der Waals surface area contributed by atoms with Crippen LogP contribution in [0.4, 0.5) is 0 Å². The fraction of sp³-hybridized carbons (Fsp3) is 0.762. The fourth-order valence-electron chi connectivity index (χ4n) is 4.50. The molecule has 0 saturated heterocycles. The van der Waals surface area contributed by atoms with Crippen molar-refractivity contribution in [3.63, 3.8) is 0 Å². The van der Waals surface area contributed by atoms with Crippen LogP contribution in [0.15, 0.2) is 0 Å². The topological polar surface area (TPSA) is 194 Å². The van der Waals surface area contributed by atoms with E-state index in [1.807, 2.05) is 0 Å². The SMILES string of the molecule is CCC(OOCC1CCC(C(=O)O)CC1C(=O)O)OC(=O)C1CCC(C(=O)O)CC1C(=O)O. The Morgan fingerprint density at radius 2 is 1.30 bits per heavy atom. The van der Waals surface area contributed by atoms with Crippen LogP contribution in [0, 0.1) is 35.5 Å².